The second-order valence-electron chi connectivity index (χ2n) is 7.17. The molecule has 0 aromatic heterocycles. The first-order valence-corrected chi connectivity index (χ1v) is 8.71. The Morgan fingerprint density at radius 3 is 2.72 bits per heavy atom. The molecule has 0 aromatic carbocycles. The molecule has 3 aliphatic rings. The van der Waals surface area contributed by atoms with Gasteiger partial charge in [-0.05, 0) is 50.0 Å². The Hall–Kier alpha value is 0.270. The second kappa shape index (κ2) is 4.68. The number of hydrogen-bond donors (Lipinski definition) is 2. The van der Waals surface area contributed by atoms with Crippen LogP contribution in [0.3, 0.4) is 0 Å². The Kier molecular flexibility index (Phi) is 3.44. The molecular formula is C15H27NOS. The van der Waals surface area contributed by atoms with Gasteiger partial charge in [-0.2, -0.15) is 11.8 Å². The Morgan fingerprint density at radius 2 is 2.17 bits per heavy atom. The molecule has 2 aliphatic carbocycles. The molecule has 0 amide bonds. The molecule has 0 radical (unpaired) electrons. The molecule has 1 heterocycles. The van der Waals surface area contributed by atoms with Crippen LogP contribution < -0.4 is 5.32 Å². The van der Waals surface area contributed by atoms with Gasteiger partial charge in [0, 0.05) is 23.0 Å². The van der Waals surface area contributed by atoms with E-state index >= 15 is 0 Å². The third-order valence-electron chi connectivity index (χ3n) is 6.23. The first-order chi connectivity index (χ1) is 8.56. The predicted molar refractivity (Wildman–Crippen MR) is 77.9 cm³/mol. The van der Waals surface area contributed by atoms with Crippen molar-refractivity contribution in [1.29, 1.82) is 0 Å². The summed E-state index contributed by atoms with van der Waals surface area (Å²) in [6, 6.07) is 0.727. The fraction of sp³-hybridized carbons (Fsp3) is 1.00. The predicted octanol–water partition coefficient (Wildman–Crippen LogP) is 2.66. The van der Waals surface area contributed by atoms with Crippen molar-refractivity contribution in [2.24, 2.45) is 16.7 Å². The largest absolute Gasteiger partial charge is 0.392 e. The van der Waals surface area contributed by atoms with Crippen molar-refractivity contribution in [2.75, 3.05) is 18.1 Å². The van der Waals surface area contributed by atoms with Gasteiger partial charge < -0.3 is 10.4 Å². The normalized spacial score (nSPS) is 45.8. The zero-order valence-corrected chi connectivity index (χ0v) is 12.6. The van der Waals surface area contributed by atoms with Crippen LogP contribution in [-0.4, -0.2) is 35.3 Å². The zero-order valence-electron chi connectivity index (χ0n) is 11.7. The van der Waals surface area contributed by atoms with E-state index in [2.05, 4.69) is 30.9 Å². The third kappa shape index (κ3) is 1.85. The molecule has 3 rings (SSSR count). The van der Waals surface area contributed by atoms with Crippen LogP contribution in [0.2, 0.25) is 0 Å². The smallest absolute Gasteiger partial charge is 0.0612 e. The van der Waals surface area contributed by atoms with Crippen LogP contribution >= 0.6 is 11.8 Å². The van der Waals surface area contributed by atoms with E-state index in [1.165, 1.54) is 38.0 Å². The molecule has 18 heavy (non-hydrogen) atoms. The zero-order chi connectivity index (χ0) is 12.8. The number of thioether (sulfide) groups is 1. The topological polar surface area (TPSA) is 32.3 Å². The highest BCUT2D eigenvalue weighted by atomic mass is 32.2. The van der Waals surface area contributed by atoms with E-state index in [9.17, 15) is 5.11 Å². The van der Waals surface area contributed by atoms with Crippen LogP contribution in [-0.2, 0) is 0 Å². The molecular weight excluding hydrogens is 242 g/mol. The maximum absolute atomic E-state index is 10.5. The molecule has 104 valence electrons. The molecule has 0 unspecified atom stereocenters. The maximum atomic E-state index is 10.5. The lowest BCUT2D eigenvalue weighted by atomic mass is 9.70. The molecule has 1 saturated heterocycles. The summed E-state index contributed by atoms with van der Waals surface area (Å²) in [5.74, 6) is 3.16. The molecule has 2 bridgehead atoms. The first kappa shape index (κ1) is 13.3. The Bertz CT molecular complexity index is 314. The monoisotopic (exact) mass is 269 g/mol. The number of rotatable bonds is 4. The molecule has 2 N–H and O–H groups in total. The van der Waals surface area contributed by atoms with Gasteiger partial charge in [0.15, 0.2) is 0 Å². The van der Waals surface area contributed by atoms with Gasteiger partial charge in [-0.15, -0.1) is 0 Å². The van der Waals surface area contributed by atoms with E-state index in [-0.39, 0.29) is 11.5 Å². The highest BCUT2D eigenvalue weighted by Gasteiger charge is 2.63. The quantitative estimate of drug-likeness (QED) is 0.823. The Balaban J connectivity index is 1.60. The van der Waals surface area contributed by atoms with Crippen LogP contribution in [0.15, 0.2) is 0 Å². The average Bonchev–Trinajstić information content (AvgIpc) is 2.95. The second-order valence-corrected chi connectivity index (χ2v) is 8.20. The van der Waals surface area contributed by atoms with Crippen molar-refractivity contribution in [3.05, 3.63) is 0 Å². The van der Waals surface area contributed by atoms with Crippen molar-refractivity contribution in [2.45, 2.75) is 58.1 Å². The summed E-state index contributed by atoms with van der Waals surface area (Å²) in [7, 11) is 0. The van der Waals surface area contributed by atoms with E-state index < -0.39 is 0 Å². The summed E-state index contributed by atoms with van der Waals surface area (Å²) in [5, 5.41) is 14.0. The molecule has 3 heteroatoms. The molecule has 3 fully saturated rings. The van der Waals surface area contributed by atoms with Crippen molar-refractivity contribution in [3.8, 4) is 0 Å². The summed E-state index contributed by atoms with van der Waals surface area (Å²) in [5.41, 5.74) is 0.559. The van der Waals surface area contributed by atoms with E-state index in [1.807, 2.05) is 0 Å². The van der Waals surface area contributed by atoms with Crippen LogP contribution in [0.5, 0.6) is 0 Å². The van der Waals surface area contributed by atoms with Crippen LogP contribution in [0.25, 0.3) is 0 Å². The van der Waals surface area contributed by atoms with Gasteiger partial charge in [-0.25, -0.2) is 0 Å². The Morgan fingerprint density at radius 1 is 1.33 bits per heavy atom. The first-order valence-electron chi connectivity index (χ1n) is 7.55. The summed E-state index contributed by atoms with van der Waals surface area (Å²) < 4.78 is 0. The Labute approximate surface area is 115 Å². The average molecular weight is 269 g/mol. The molecule has 0 aromatic rings. The summed E-state index contributed by atoms with van der Waals surface area (Å²) >= 11 is 2.08. The number of hydrogen-bond acceptors (Lipinski definition) is 3. The van der Waals surface area contributed by atoms with Crippen molar-refractivity contribution < 1.29 is 5.11 Å². The summed E-state index contributed by atoms with van der Waals surface area (Å²) in [4.78, 5) is 0. The maximum Gasteiger partial charge on any atom is 0.0612 e. The van der Waals surface area contributed by atoms with E-state index in [1.54, 1.807) is 0 Å². The highest BCUT2D eigenvalue weighted by Crippen LogP contribution is 2.66. The lowest BCUT2D eigenvalue weighted by Gasteiger charge is -2.40. The minimum absolute atomic E-state index is 0.0460. The number of aliphatic hydroxyl groups excluding tert-OH is 1. The SMILES string of the molecule is CC1(C)[C@@H]2CC[C@@]1(CSC[C@@H]1CCCN1)[C@H](O)C2. The van der Waals surface area contributed by atoms with Gasteiger partial charge in [0.2, 0.25) is 0 Å². The van der Waals surface area contributed by atoms with Gasteiger partial charge in [0.1, 0.15) is 0 Å². The number of aliphatic hydroxyl groups is 1. The van der Waals surface area contributed by atoms with Crippen molar-refractivity contribution in [3.63, 3.8) is 0 Å². The van der Waals surface area contributed by atoms with E-state index in [0.29, 0.717) is 5.41 Å². The summed E-state index contributed by atoms with van der Waals surface area (Å²) in [6.07, 6.45) is 6.27. The standard InChI is InChI=1S/C15H27NOS/c1-14(2)11-5-6-15(14,13(17)8-11)10-18-9-12-4-3-7-16-12/h11-13,16-17H,3-10H2,1-2H3/t11-,12+,13-,15-/m1/s1. The fourth-order valence-electron chi connectivity index (χ4n) is 4.66. The highest BCUT2D eigenvalue weighted by molar-refractivity contribution is 7.99. The van der Waals surface area contributed by atoms with Gasteiger partial charge in [-0.3, -0.25) is 0 Å². The lowest BCUT2D eigenvalue weighted by Crippen LogP contribution is -2.41. The van der Waals surface area contributed by atoms with Gasteiger partial charge >= 0.3 is 0 Å². The van der Waals surface area contributed by atoms with Crippen LogP contribution in [0, 0.1) is 16.7 Å². The minimum atomic E-state index is -0.0460. The van der Waals surface area contributed by atoms with Gasteiger partial charge in [0.25, 0.3) is 0 Å². The molecule has 2 saturated carbocycles. The fourth-order valence-corrected chi connectivity index (χ4v) is 6.42. The number of nitrogens with one attached hydrogen (secondary N) is 1. The van der Waals surface area contributed by atoms with E-state index in [0.717, 1.165) is 24.1 Å². The molecule has 2 nitrogen and oxygen atoms in total. The minimum Gasteiger partial charge on any atom is -0.392 e. The third-order valence-corrected chi connectivity index (χ3v) is 7.59. The van der Waals surface area contributed by atoms with E-state index in [4.69, 9.17) is 0 Å². The summed E-state index contributed by atoms with van der Waals surface area (Å²) in [6.45, 7) is 6.00. The van der Waals surface area contributed by atoms with Crippen molar-refractivity contribution in [1.82, 2.24) is 5.32 Å². The molecule has 1 aliphatic heterocycles. The number of fused-ring (bicyclic) bond motifs is 2. The van der Waals surface area contributed by atoms with Gasteiger partial charge in [0.05, 0.1) is 6.10 Å². The molecule has 4 atom stereocenters. The van der Waals surface area contributed by atoms with Gasteiger partial charge in [-0.1, -0.05) is 13.8 Å². The lowest BCUT2D eigenvalue weighted by molar-refractivity contribution is 0.0168. The van der Waals surface area contributed by atoms with Crippen molar-refractivity contribution >= 4 is 11.8 Å². The molecule has 0 spiro atoms. The van der Waals surface area contributed by atoms with Crippen LogP contribution in [0.1, 0.15) is 46.0 Å². The van der Waals surface area contributed by atoms with Crippen LogP contribution in [0.4, 0.5) is 0 Å².